The summed E-state index contributed by atoms with van der Waals surface area (Å²) in [6.45, 7) is 0. The molecule has 0 unspecified atom stereocenters. The van der Waals surface area contributed by atoms with E-state index >= 15 is 0 Å². The summed E-state index contributed by atoms with van der Waals surface area (Å²) in [6.07, 6.45) is 4.55. The third-order valence-electron chi connectivity index (χ3n) is 2.02. The van der Waals surface area contributed by atoms with Crippen molar-refractivity contribution in [2.45, 2.75) is 0 Å². The van der Waals surface area contributed by atoms with Crippen LogP contribution in [0.4, 0.5) is 0 Å². The first-order chi connectivity index (χ1) is 6.36. The monoisotopic (exact) mass is 175 g/mol. The van der Waals surface area contributed by atoms with Crippen molar-refractivity contribution in [1.82, 2.24) is 4.40 Å². The fourth-order valence-corrected chi connectivity index (χ4v) is 1.42. The summed E-state index contributed by atoms with van der Waals surface area (Å²) < 4.78 is 7.01. The summed E-state index contributed by atoms with van der Waals surface area (Å²) in [7, 11) is 1.59. The zero-order valence-corrected chi connectivity index (χ0v) is 7.23. The fraction of sp³-hybridized carbons (Fsp3) is 0.100. The second-order valence-corrected chi connectivity index (χ2v) is 2.72. The molecule has 13 heavy (non-hydrogen) atoms. The van der Waals surface area contributed by atoms with Crippen LogP contribution in [0.3, 0.4) is 0 Å². The second kappa shape index (κ2) is 2.94. The molecule has 0 fully saturated rings. The summed E-state index contributed by atoms with van der Waals surface area (Å²) >= 11 is 0. The van der Waals surface area contributed by atoms with E-state index in [9.17, 15) is 4.79 Å². The molecule has 0 aliphatic carbocycles. The van der Waals surface area contributed by atoms with Crippen molar-refractivity contribution >= 4 is 11.8 Å². The number of hydrogen-bond acceptors (Lipinski definition) is 2. The number of carbonyl (C=O) groups excluding carboxylic acids is 1. The van der Waals surface area contributed by atoms with Gasteiger partial charge in [-0.2, -0.15) is 0 Å². The number of fused-ring (bicyclic) bond motifs is 1. The van der Waals surface area contributed by atoms with Crippen molar-refractivity contribution < 1.29 is 9.53 Å². The predicted molar refractivity (Wildman–Crippen MR) is 49.3 cm³/mol. The van der Waals surface area contributed by atoms with Crippen molar-refractivity contribution in [3.8, 4) is 5.75 Å². The molecule has 2 heterocycles. The number of rotatable bonds is 2. The SMILES string of the molecule is COc1cccn2ccc(C=O)c12. The zero-order chi connectivity index (χ0) is 9.26. The van der Waals surface area contributed by atoms with Gasteiger partial charge in [0.25, 0.3) is 0 Å². The molecule has 0 saturated heterocycles. The van der Waals surface area contributed by atoms with Gasteiger partial charge in [-0.15, -0.1) is 0 Å². The van der Waals surface area contributed by atoms with Crippen LogP contribution in [0.25, 0.3) is 5.52 Å². The molecule has 0 amide bonds. The van der Waals surface area contributed by atoms with Crippen LogP contribution < -0.4 is 4.74 Å². The van der Waals surface area contributed by atoms with Gasteiger partial charge >= 0.3 is 0 Å². The lowest BCUT2D eigenvalue weighted by molar-refractivity contribution is 0.112. The van der Waals surface area contributed by atoms with Crippen molar-refractivity contribution in [3.63, 3.8) is 0 Å². The van der Waals surface area contributed by atoms with Crippen LogP contribution in [0.1, 0.15) is 10.4 Å². The molecular formula is C10H9NO2. The largest absolute Gasteiger partial charge is 0.495 e. The van der Waals surface area contributed by atoms with Crippen molar-refractivity contribution in [3.05, 3.63) is 36.2 Å². The third kappa shape index (κ3) is 1.09. The van der Waals surface area contributed by atoms with Crippen LogP contribution in [0.5, 0.6) is 5.75 Å². The highest BCUT2D eigenvalue weighted by atomic mass is 16.5. The van der Waals surface area contributed by atoms with Gasteiger partial charge in [-0.05, 0) is 18.2 Å². The van der Waals surface area contributed by atoms with Gasteiger partial charge in [0, 0.05) is 18.0 Å². The van der Waals surface area contributed by atoms with Crippen LogP contribution in [-0.2, 0) is 0 Å². The smallest absolute Gasteiger partial charge is 0.152 e. The summed E-state index contributed by atoms with van der Waals surface area (Å²) in [5.41, 5.74) is 1.47. The van der Waals surface area contributed by atoms with E-state index in [0.29, 0.717) is 5.56 Å². The average molecular weight is 175 g/mol. The highest BCUT2D eigenvalue weighted by molar-refractivity contribution is 5.89. The molecule has 3 heteroatoms. The predicted octanol–water partition coefficient (Wildman–Crippen LogP) is 1.76. The topological polar surface area (TPSA) is 30.7 Å². The van der Waals surface area contributed by atoms with Gasteiger partial charge in [-0.3, -0.25) is 4.79 Å². The van der Waals surface area contributed by atoms with Gasteiger partial charge in [-0.25, -0.2) is 0 Å². The Labute approximate surface area is 75.6 Å². The van der Waals surface area contributed by atoms with Gasteiger partial charge in [0.05, 0.1) is 12.6 Å². The minimum Gasteiger partial charge on any atom is -0.495 e. The maximum absolute atomic E-state index is 10.7. The molecule has 0 spiro atoms. The molecule has 2 aromatic rings. The maximum Gasteiger partial charge on any atom is 0.152 e. The van der Waals surface area contributed by atoms with Crippen molar-refractivity contribution in [2.24, 2.45) is 0 Å². The lowest BCUT2D eigenvalue weighted by Crippen LogP contribution is -1.90. The Balaban J connectivity index is 2.83. The summed E-state index contributed by atoms with van der Waals surface area (Å²) in [4.78, 5) is 10.7. The molecule has 0 bridgehead atoms. The standard InChI is InChI=1S/C10H9NO2/c1-13-9-3-2-5-11-6-4-8(7-12)10(9)11/h2-7H,1H3. The Bertz CT molecular complexity index is 445. The number of carbonyl (C=O) groups is 1. The highest BCUT2D eigenvalue weighted by Gasteiger charge is 2.05. The van der Waals surface area contributed by atoms with E-state index in [4.69, 9.17) is 4.74 Å². The van der Waals surface area contributed by atoms with Gasteiger partial charge in [0.1, 0.15) is 5.75 Å². The number of ether oxygens (including phenoxy) is 1. The molecule has 2 aromatic heterocycles. The molecule has 0 aromatic carbocycles. The Morgan fingerprint density at radius 2 is 2.23 bits per heavy atom. The Kier molecular flexibility index (Phi) is 1.77. The molecule has 0 atom stereocenters. The highest BCUT2D eigenvalue weighted by Crippen LogP contribution is 2.22. The first kappa shape index (κ1) is 7.86. The van der Waals surface area contributed by atoms with E-state index in [2.05, 4.69) is 0 Å². The number of hydrogen-bond donors (Lipinski definition) is 0. The summed E-state index contributed by atoms with van der Waals surface area (Å²) in [6, 6.07) is 5.48. The Morgan fingerprint density at radius 3 is 2.92 bits per heavy atom. The molecular weight excluding hydrogens is 166 g/mol. The Morgan fingerprint density at radius 1 is 1.38 bits per heavy atom. The average Bonchev–Trinajstić information content (AvgIpc) is 2.60. The zero-order valence-electron chi connectivity index (χ0n) is 7.23. The minimum absolute atomic E-state index is 0.650. The lowest BCUT2D eigenvalue weighted by Gasteiger charge is -2.02. The van der Waals surface area contributed by atoms with Crippen molar-refractivity contribution in [1.29, 1.82) is 0 Å². The van der Waals surface area contributed by atoms with Gasteiger partial charge in [0.15, 0.2) is 6.29 Å². The van der Waals surface area contributed by atoms with Gasteiger partial charge in [-0.1, -0.05) is 0 Å². The number of pyridine rings is 1. The van der Waals surface area contributed by atoms with Gasteiger partial charge < -0.3 is 9.14 Å². The van der Waals surface area contributed by atoms with Crippen LogP contribution in [-0.4, -0.2) is 17.8 Å². The van der Waals surface area contributed by atoms with E-state index in [1.165, 1.54) is 0 Å². The summed E-state index contributed by atoms with van der Waals surface area (Å²) in [5.74, 6) is 0.717. The van der Waals surface area contributed by atoms with E-state index < -0.39 is 0 Å². The molecule has 0 saturated carbocycles. The first-order valence-corrected chi connectivity index (χ1v) is 3.95. The summed E-state index contributed by atoms with van der Waals surface area (Å²) in [5, 5.41) is 0. The van der Waals surface area contributed by atoms with Crippen LogP contribution >= 0.6 is 0 Å². The number of nitrogens with zero attached hydrogens (tertiary/aromatic N) is 1. The number of aromatic nitrogens is 1. The van der Waals surface area contributed by atoms with Crippen LogP contribution in [0, 0.1) is 0 Å². The van der Waals surface area contributed by atoms with E-state index in [1.807, 2.05) is 28.9 Å². The van der Waals surface area contributed by atoms with Crippen LogP contribution in [0.2, 0.25) is 0 Å². The Hall–Kier alpha value is -1.77. The molecule has 0 radical (unpaired) electrons. The molecule has 0 aliphatic rings. The first-order valence-electron chi connectivity index (χ1n) is 3.95. The molecule has 0 aliphatic heterocycles. The molecule has 3 nitrogen and oxygen atoms in total. The van der Waals surface area contributed by atoms with E-state index in [-0.39, 0.29) is 0 Å². The quantitative estimate of drug-likeness (QED) is 0.651. The number of methoxy groups -OCH3 is 1. The lowest BCUT2D eigenvalue weighted by atomic mass is 10.2. The van der Waals surface area contributed by atoms with Gasteiger partial charge in [0.2, 0.25) is 0 Å². The molecule has 2 rings (SSSR count). The van der Waals surface area contributed by atoms with Crippen molar-refractivity contribution in [2.75, 3.05) is 7.11 Å². The fourth-order valence-electron chi connectivity index (χ4n) is 1.42. The normalized spacial score (nSPS) is 10.2. The maximum atomic E-state index is 10.7. The molecule has 0 N–H and O–H groups in total. The minimum atomic E-state index is 0.650. The third-order valence-corrected chi connectivity index (χ3v) is 2.02. The number of aldehydes is 1. The molecule has 66 valence electrons. The van der Waals surface area contributed by atoms with Crippen LogP contribution in [0.15, 0.2) is 30.6 Å². The van der Waals surface area contributed by atoms with E-state index in [0.717, 1.165) is 17.6 Å². The second-order valence-electron chi connectivity index (χ2n) is 2.72. The van der Waals surface area contributed by atoms with E-state index in [1.54, 1.807) is 13.2 Å².